The molecule has 0 bridgehead atoms. The quantitative estimate of drug-likeness (QED) is 0.390. The van der Waals surface area contributed by atoms with E-state index in [1.807, 2.05) is 55.9 Å². The first kappa shape index (κ1) is 23.1. The highest BCUT2D eigenvalue weighted by molar-refractivity contribution is 6.02. The molecule has 6 nitrogen and oxygen atoms in total. The van der Waals surface area contributed by atoms with Gasteiger partial charge in [-0.15, -0.1) is 0 Å². The van der Waals surface area contributed by atoms with E-state index in [-0.39, 0.29) is 23.2 Å². The number of imidazole rings is 1. The van der Waals surface area contributed by atoms with Gasteiger partial charge in [-0.3, -0.25) is 4.79 Å². The zero-order valence-electron chi connectivity index (χ0n) is 21.1. The first-order valence-electron chi connectivity index (χ1n) is 12.6. The smallest absolute Gasteiger partial charge is 0.176 e. The molecule has 0 amide bonds. The number of aryl methyl sites for hydroxylation is 2. The van der Waals surface area contributed by atoms with Crippen molar-refractivity contribution in [2.75, 3.05) is 0 Å². The van der Waals surface area contributed by atoms with E-state index in [2.05, 4.69) is 47.5 Å². The molecule has 37 heavy (non-hydrogen) atoms. The summed E-state index contributed by atoms with van der Waals surface area (Å²) in [5.41, 5.74) is 6.71. The van der Waals surface area contributed by atoms with Crippen LogP contribution >= 0.6 is 0 Å². The molecule has 0 spiro atoms. The van der Waals surface area contributed by atoms with Crippen LogP contribution in [0.2, 0.25) is 0 Å². The van der Waals surface area contributed by atoms with Gasteiger partial charge >= 0.3 is 0 Å². The summed E-state index contributed by atoms with van der Waals surface area (Å²) in [5.74, 6) is 0.349. The number of aromatic nitrogens is 4. The number of hydrogen-bond donors (Lipinski definition) is 0. The third-order valence-electron chi connectivity index (χ3n) is 8.10. The molecular weight excluding hydrogens is 458 g/mol. The van der Waals surface area contributed by atoms with E-state index < -0.39 is 5.41 Å². The zero-order chi connectivity index (χ0) is 25.7. The molecule has 2 aliphatic rings. The van der Waals surface area contributed by atoms with Gasteiger partial charge in [-0.2, -0.15) is 5.26 Å². The van der Waals surface area contributed by atoms with Gasteiger partial charge in [0.15, 0.2) is 5.78 Å². The van der Waals surface area contributed by atoms with Crippen molar-refractivity contribution in [3.8, 4) is 28.6 Å². The normalized spacial score (nSPS) is 22.5. The molecule has 0 saturated carbocycles. The lowest BCUT2D eigenvalue weighted by atomic mass is 9.54. The monoisotopic (exact) mass is 485 g/mol. The van der Waals surface area contributed by atoms with Crippen LogP contribution < -0.4 is 0 Å². The molecule has 0 saturated heterocycles. The Morgan fingerprint density at radius 3 is 2.46 bits per heavy atom. The number of Topliss-reactive ketones (excluding diaryl/α,β-unsaturated/α-hetero) is 1. The molecule has 182 valence electrons. The van der Waals surface area contributed by atoms with Crippen molar-refractivity contribution in [1.82, 2.24) is 19.5 Å². The van der Waals surface area contributed by atoms with E-state index in [1.165, 1.54) is 0 Å². The van der Waals surface area contributed by atoms with Crippen LogP contribution in [0.1, 0.15) is 36.0 Å². The van der Waals surface area contributed by atoms with Gasteiger partial charge in [0, 0.05) is 24.1 Å². The molecule has 2 aromatic heterocycles. The van der Waals surface area contributed by atoms with Crippen molar-refractivity contribution in [2.45, 2.75) is 32.1 Å². The van der Waals surface area contributed by atoms with Gasteiger partial charge in [-0.05, 0) is 42.9 Å². The van der Waals surface area contributed by atoms with Gasteiger partial charge in [-0.1, -0.05) is 61.5 Å². The Hall–Kier alpha value is -4.37. The number of carbonyl (C=O) groups is 1. The van der Waals surface area contributed by atoms with E-state index in [0.29, 0.717) is 5.82 Å². The minimum atomic E-state index is -0.662. The van der Waals surface area contributed by atoms with Crippen LogP contribution in [0.5, 0.6) is 0 Å². The minimum Gasteiger partial charge on any atom is -0.334 e. The number of ketones is 1. The van der Waals surface area contributed by atoms with Crippen molar-refractivity contribution in [3.05, 3.63) is 101 Å². The van der Waals surface area contributed by atoms with Crippen molar-refractivity contribution in [3.63, 3.8) is 0 Å². The Bertz CT molecular complexity index is 1590. The van der Waals surface area contributed by atoms with Crippen molar-refractivity contribution in [1.29, 1.82) is 5.26 Å². The Morgan fingerprint density at radius 2 is 1.78 bits per heavy atom. The van der Waals surface area contributed by atoms with Crippen molar-refractivity contribution >= 4 is 5.78 Å². The molecule has 0 radical (unpaired) electrons. The average Bonchev–Trinajstić information content (AvgIpc) is 3.36. The number of carbonyl (C=O) groups excluding carboxylic acids is 1. The largest absolute Gasteiger partial charge is 0.334 e. The Kier molecular flexibility index (Phi) is 5.38. The standard InChI is InChI=1S/C31H27N5O/c1-19-26-14-13-25-28(22-11-9-21(10-12-22)27-17-33-18-36(27)3)34-20(2)35-30(25)31(26,15-23(16-32)29(19)37)24-7-5-4-6-8-24/h4-12,15,17-19,26H,13-14H2,1-3H3/t19-,26-,31+/m0/s1. The molecule has 6 rings (SSSR count). The molecule has 6 heteroatoms. The molecule has 0 unspecified atom stereocenters. The van der Waals surface area contributed by atoms with E-state index in [9.17, 15) is 10.1 Å². The number of hydrogen-bond acceptors (Lipinski definition) is 5. The summed E-state index contributed by atoms with van der Waals surface area (Å²) >= 11 is 0. The fourth-order valence-electron chi connectivity index (χ4n) is 6.33. The topological polar surface area (TPSA) is 84.5 Å². The first-order chi connectivity index (χ1) is 17.9. The van der Waals surface area contributed by atoms with Gasteiger partial charge < -0.3 is 4.57 Å². The Labute approximate surface area is 216 Å². The van der Waals surface area contributed by atoms with Crippen LogP contribution in [0.3, 0.4) is 0 Å². The molecule has 0 fully saturated rings. The maximum atomic E-state index is 13.1. The maximum Gasteiger partial charge on any atom is 0.176 e. The predicted octanol–water partition coefficient (Wildman–Crippen LogP) is 5.37. The van der Waals surface area contributed by atoms with Gasteiger partial charge in [0.05, 0.1) is 40.6 Å². The highest BCUT2D eigenvalue weighted by Crippen LogP contribution is 2.54. The van der Waals surface area contributed by atoms with E-state index in [0.717, 1.165) is 52.2 Å². The molecule has 2 aliphatic carbocycles. The van der Waals surface area contributed by atoms with E-state index >= 15 is 0 Å². The maximum absolute atomic E-state index is 13.1. The number of nitriles is 1. The molecule has 0 aliphatic heterocycles. The number of fused-ring (bicyclic) bond motifs is 3. The zero-order valence-corrected chi connectivity index (χ0v) is 21.1. The van der Waals surface area contributed by atoms with Gasteiger partial charge in [0.1, 0.15) is 11.9 Å². The van der Waals surface area contributed by atoms with Crippen molar-refractivity contribution in [2.24, 2.45) is 18.9 Å². The molecule has 2 aromatic carbocycles. The van der Waals surface area contributed by atoms with Crippen LogP contribution in [-0.2, 0) is 23.7 Å². The number of allylic oxidation sites excluding steroid dienone is 2. The predicted molar refractivity (Wildman–Crippen MR) is 141 cm³/mol. The molecule has 4 aromatic rings. The number of benzene rings is 2. The highest BCUT2D eigenvalue weighted by atomic mass is 16.1. The summed E-state index contributed by atoms with van der Waals surface area (Å²) in [4.78, 5) is 27.3. The third kappa shape index (κ3) is 3.46. The average molecular weight is 486 g/mol. The van der Waals surface area contributed by atoms with E-state index in [1.54, 1.807) is 6.33 Å². The molecule has 3 atom stereocenters. The molecular formula is C31H27N5O. The first-order valence-corrected chi connectivity index (χ1v) is 12.6. The highest BCUT2D eigenvalue weighted by Gasteiger charge is 2.53. The third-order valence-corrected chi connectivity index (χ3v) is 8.10. The molecule has 0 N–H and O–H groups in total. The van der Waals surface area contributed by atoms with Gasteiger partial charge in [0.2, 0.25) is 0 Å². The Morgan fingerprint density at radius 1 is 1.05 bits per heavy atom. The lowest BCUT2D eigenvalue weighted by Crippen LogP contribution is -2.48. The number of nitrogens with zero attached hydrogens (tertiary/aromatic N) is 5. The summed E-state index contributed by atoms with van der Waals surface area (Å²) in [5, 5.41) is 9.91. The second-order valence-electron chi connectivity index (χ2n) is 10.1. The van der Waals surface area contributed by atoms with Crippen LogP contribution in [0.15, 0.2) is 78.8 Å². The fourth-order valence-corrected chi connectivity index (χ4v) is 6.33. The van der Waals surface area contributed by atoms with Crippen LogP contribution in [0.4, 0.5) is 0 Å². The summed E-state index contributed by atoms with van der Waals surface area (Å²) in [7, 11) is 1.98. The fraction of sp³-hybridized carbons (Fsp3) is 0.258. The second-order valence-corrected chi connectivity index (χ2v) is 10.1. The SMILES string of the molecule is Cc1nc(-c2ccc(-c3cncn3C)cc2)c2c(n1)[C@@]1(c3ccccc3)C=C(C#N)C(=O)[C@@H](C)[C@@H]1CC2. The minimum absolute atomic E-state index is 0.0152. The second kappa shape index (κ2) is 8.63. The van der Waals surface area contributed by atoms with Crippen LogP contribution in [0.25, 0.3) is 22.5 Å². The van der Waals surface area contributed by atoms with Crippen LogP contribution in [-0.4, -0.2) is 25.3 Å². The summed E-state index contributed by atoms with van der Waals surface area (Å²) in [6.07, 6.45) is 7.15. The lowest BCUT2D eigenvalue weighted by Gasteiger charge is -2.48. The Balaban J connectivity index is 1.58. The van der Waals surface area contributed by atoms with Crippen molar-refractivity contribution < 1.29 is 4.79 Å². The summed E-state index contributed by atoms with van der Waals surface area (Å²) in [6, 6.07) is 20.8. The number of rotatable bonds is 3. The lowest BCUT2D eigenvalue weighted by molar-refractivity contribution is -0.121. The van der Waals surface area contributed by atoms with Gasteiger partial charge in [-0.25, -0.2) is 15.0 Å². The summed E-state index contributed by atoms with van der Waals surface area (Å²) < 4.78 is 2.00. The van der Waals surface area contributed by atoms with Crippen LogP contribution in [0, 0.1) is 30.1 Å². The van der Waals surface area contributed by atoms with E-state index in [4.69, 9.17) is 9.97 Å². The van der Waals surface area contributed by atoms with Gasteiger partial charge in [0.25, 0.3) is 0 Å². The summed E-state index contributed by atoms with van der Waals surface area (Å²) in [6.45, 7) is 3.88. The molecule has 2 heterocycles.